The van der Waals surface area contributed by atoms with E-state index < -0.39 is 34.4 Å². The molecule has 0 aromatic carbocycles. The van der Waals surface area contributed by atoms with E-state index >= 15 is 0 Å². The Morgan fingerprint density at radius 1 is 1.44 bits per heavy atom. The van der Waals surface area contributed by atoms with Crippen LogP contribution in [0.5, 0.6) is 0 Å². The van der Waals surface area contributed by atoms with Crippen LogP contribution in [-0.4, -0.2) is 49.0 Å². The second kappa shape index (κ2) is 7.82. The van der Waals surface area contributed by atoms with Gasteiger partial charge in [0.15, 0.2) is 0 Å². The Labute approximate surface area is 154 Å². The molecule has 3 unspecified atom stereocenters. The number of nitrogens with zero attached hydrogens (tertiary/aromatic N) is 1. The van der Waals surface area contributed by atoms with Gasteiger partial charge >= 0.3 is 16.4 Å². The molecule has 1 aliphatic carbocycles. The number of likely N-dealkylation sites (tertiary alicyclic amines) is 1. The summed E-state index contributed by atoms with van der Waals surface area (Å²) in [5.74, 6) is 0.193. The Kier molecular flexibility index (Phi) is 5.67. The zero-order chi connectivity index (χ0) is 19.6. The quantitative estimate of drug-likeness (QED) is 0.344. The zero-order valence-corrected chi connectivity index (χ0v) is 14.9. The number of urea groups is 1. The van der Waals surface area contributed by atoms with Gasteiger partial charge in [0, 0.05) is 6.54 Å². The van der Waals surface area contributed by atoms with Crippen molar-refractivity contribution in [2.75, 3.05) is 13.2 Å². The molecule has 1 saturated carbocycles. The number of fused-ring (bicyclic) bond motifs is 1. The van der Waals surface area contributed by atoms with Crippen LogP contribution >= 0.6 is 0 Å². The van der Waals surface area contributed by atoms with Crippen LogP contribution in [0, 0.1) is 11.8 Å². The van der Waals surface area contributed by atoms with Crippen LogP contribution < -0.4 is 16.7 Å². The second-order valence-electron chi connectivity index (χ2n) is 6.40. The lowest BCUT2D eigenvalue weighted by molar-refractivity contribution is -0.140. The summed E-state index contributed by atoms with van der Waals surface area (Å²) in [5.41, 5.74) is 9.73. The lowest BCUT2D eigenvalue weighted by Gasteiger charge is -2.33. The van der Waals surface area contributed by atoms with E-state index in [1.165, 1.54) is 6.26 Å². The molecule has 1 aliphatic heterocycles. The highest BCUT2D eigenvalue weighted by Gasteiger charge is 2.53. The molecule has 1 aromatic heterocycles. The molecule has 150 valence electrons. The van der Waals surface area contributed by atoms with Gasteiger partial charge in [-0.25, -0.2) is 10.3 Å². The first-order chi connectivity index (χ1) is 12.8. The van der Waals surface area contributed by atoms with Crippen LogP contribution in [0.1, 0.15) is 24.6 Å². The summed E-state index contributed by atoms with van der Waals surface area (Å²) in [6.07, 6.45) is 2.92. The number of carbonyl (C=O) groups is 2. The van der Waals surface area contributed by atoms with Crippen LogP contribution in [0.4, 0.5) is 4.79 Å². The van der Waals surface area contributed by atoms with Crippen molar-refractivity contribution in [1.29, 1.82) is 0 Å². The molecule has 1 saturated heterocycles. The zero-order valence-electron chi connectivity index (χ0n) is 14.1. The number of rotatable bonds is 7. The van der Waals surface area contributed by atoms with E-state index in [1.807, 2.05) is 0 Å². The molecule has 2 fully saturated rings. The number of furan rings is 1. The fourth-order valence-corrected chi connectivity index (χ4v) is 3.40. The molecule has 5 N–H and O–H groups in total. The molecular weight excluding hydrogens is 384 g/mol. The fourth-order valence-electron chi connectivity index (χ4n) is 3.22. The van der Waals surface area contributed by atoms with Gasteiger partial charge in [-0.05, 0) is 36.8 Å². The van der Waals surface area contributed by atoms with Gasteiger partial charge in [-0.15, -0.1) is 4.28 Å². The maximum Gasteiger partial charge on any atom is 0.418 e. The number of piperidine rings is 1. The molecule has 2 heterocycles. The number of hydrogen-bond donors (Lipinski definition) is 4. The van der Waals surface area contributed by atoms with Crippen molar-refractivity contribution in [2.24, 2.45) is 17.6 Å². The van der Waals surface area contributed by atoms with Crippen molar-refractivity contribution in [2.45, 2.75) is 24.9 Å². The van der Waals surface area contributed by atoms with Crippen LogP contribution in [0.25, 0.3) is 0 Å². The van der Waals surface area contributed by atoms with Crippen LogP contribution in [0.15, 0.2) is 22.8 Å². The Hall–Kier alpha value is -2.19. The number of amides is 3. The van der Waals surface area contributed by atoms with E-state index in [4.69, 9.17) is 19.5 Å². The predicted octanol–water partition coefficient (Wildman–Crippen LogP) is -0.518. The average molecular weight is 404 g/mol. The minimum absolute atomic E-state index is 0.0435. The van der Waals surface area contributed by atoms with Crippen LogP contribution in [0.2, 0.25) is 0 Å². The summed E-state index contributed by atoms with van der Waals surface area (Å²) < 4.78 is 38.7. The number of carbonyl (C=O) groups excluding carboxylic acids is 2. The van der Waals surface area contributed by atoms with Crippen molar-refractivity contribution in [1.82, 2.24) is 15.9 Å². The standard InChI is InChI=1S/C14H20N4O8S/c15-10(11-2-1-5-24-11)7-25-16-13(19)12-9-6-8(9)3-4-18(12)14(20)17-26-27(21,22)23/h1-2,5,8-10,12H,3-4,6-7,15H2,(H,16,19)(H,17,20)(H,21,22,23)/t8?,9?,10?,12-/m0/s1. The van der Waals surface area contributed by atoms with E-state index in [9.17, 15) is 18.0 Å². The molecule has 4 atom stereocenters. The summed E-state index contributed by atoms with van der Waals surface area (Å²) >= 11 is 0. The van der Waals surface area contributed by atoms with Gasteiger partial charge in [0.25, 0.3) is 5.91 Å². The number of hydrogen-bond acceptors (Lipinski definition) is 8. The molecule has 12 nitrogen and oxygen atoms in total. The van der Waals surface area contributed by atoms with E-state index in [-0.39, 0.29) is 19.1 Å². The number of hydroxylamine groups is 2. The summed E-state index contributed by atoms with van der Waals surface area (Å²) in [7, 11) is -4.85. The molecule has 0 radical (unpaired) electrons. The summed E-state index contributed by atoms with van der Waals surface area (Å²) in [4.78, 5) is 30.9. The Morgan fingerprint density at radius 3 is 2.89 bits per heavy atom. The minimum atomic E-state index is -4.85. The van der Waals surface area contributed by atoms with Gasteiger partial charge in [-0.1, -0.05) is 0 Å². The van der Waals surface area contributed by atoms with Crippen molar-refractivity contribution >= 4 is 22.3 Å². The van der Waals surface area contributed by atoms with Gasteiger partial charge in [0.1, 0.15) is 11.8 Å². The Bertz CT molecular complexity index is 783. The highest BCUT2D eigenvalue weighted by molar-refractivity contribution is 7.80. The molecule has 27 heavy (non-hydrogen) atoms. The van der Waals surface area contributed by atoms with Crippen LogP contribution in [0.3, 0.4) is 0 Å². The van der Waals surface area contributed by atoms with E-state index in [1.54, 1.807) is 17.6 Å². The molecule has 1 aromatic rings. The summed E-state index contributed by atoms with van der Waals surface area (Å²) in [6.45, 7) is 0.184. The smallest absolute Gasteiger partial charge is 0.418 e. The van der Waals surface area contributed by atoms with Gasteiger partial charge in [-0.3, -0.25) is 14.2 Å². The van der Waals surface area contributed by atoms with Gasteiger partial charge in [0.2, 0.25) is 0 Å². The van der Waals surface area contributed by atoms with Gasteiger partial charge in [-0.2, -0.15) is 13.9 Å². The third-order valence-electron chi connectivity index (χ3n) is 4.57. The normalized spacial score (nSPS) is 25.4. The third kappa shape index (κ3) is 4.95. The summed E-state index contributed by atoms with van der Waals surface area (Å²) in [5, 5.41) is 0. The minimum Gasteiger partial charge on any atom is -0.468 e. The SMILES string of the molecule is NC(CONC(=O)[C@@H]1C2CC2CCN1C(=O)NOS(=O)(=O)O)c1ccco1. The third-order valence-corrected chi connectivity index (χ3v) is 4.86. The molecule has 3 rings (SSSR count). The van der Waals surface area contributed by atoms with Gasteiger partial charge in [0.05, 0.1) is 18.9 Å². The Morgan fingerprint density at radius 2 is 2.22 bits per heavy atom. The highest BCUT2D eigenvalue weighted by atomic mass is 32.3. The first-order valence-electron chi connectivity index (χ1n) is 8.19. The van der Waals surface area contributed by atoms with Crippen molar-refractivity contribution < 1.29 is 36.1 Å². The molecule has 13 heteroatoms. The Balaban J connectivity index is 1.54. The van der Waals surface area contributed by atoms with Crippen molar-refractivity contribution in [3.05, 3.63) is 24.2 Å². The topological polar surface area (TPSA) is 173 Å². The molecule has 3 amide bonds. The second-order valence-corrected chi connectivity index (χ2v) is 7.43. The largest absolute Gasteiger partial charge is 0.468 e. The fraction of sp³-hybridized carbons (Fsp3) is 0.571. The van der Waals surface area contributed by atoms with Crippen molar-refractivity contribution in [3.63, 3.8) is 0 Å². The lowest BCUT2D eigenvalue weighted by Crippen LogP contribution is -2.56. The highest BCUT2D eigenvalue weighted by Crippen LogP contribution is 2.48. The average Bonchev–Trinajstić information content (AvgIpc) is 3.18. The molecule has 2 aliphatic rings. The maximum atomic E-state index is 12.5. The lowest BCUT2D eigenvalue weighted by atomic mass is 10.0. The van der Waals surface area contributed by atoms with Gasteiger partial charge < -0.3 is 15.1 Å². The van der Waals surface area contributed by atoms with Crippen LogP contribution in [-0.2, 0) is 24.3 Å². The number of nitrogens with two attached hydrogens (primary N) is 1. The monoisotopic (exact) mass is 404 g/mol. The molecule has 0 spiro atoms. The van der Waals surface area contributed by atoms with E-state index in [2.05, 4.69) is 9.76 Å². The predicted molar refractivity (Wildman–Crippen MR) is 87.6 cm³/mol. The number of nitrogens with one attached hydrogen (secondary N) is 2. The van der Waals surface area contributed by atoms with E-state index in [0.717, 1.165) is 11.3 Å². The molecular formula is C14H20N4O8S. The first-order valence-corrected chi connectivity index (χ1v) is 9.56. The maximum absolute atomic E-state index is 12.5. The first kappa shape index (κ1) is 19.6. The van der Waals surface area contributed by atoms with E-state index in [0.29, 0.717) is 18.1 Å². The molecule has 0 bridgehead atoms. The summed E-state index contributed by atoms with van der Waals surface area (Å²) in [6, 6.07) is 0.961. The van der Waals surface area contributed by atoms with Crippen molar-refractivity contribution in [3.8, 4) is 0 Å².